The number of aromatic nitrogens is 1. The molecular weight excluding hydrogens is 236 g/mol. The van der Waals surface area contributed by atoms with E-state index in [-0.39, 0.29) is 11.3 Å². The maximum atomic E-state index is 11.7. The lowest BCUT2D eigenvalue weighted by Crippen LogP contribution is -2.14. The summed E-state index contributed by atoms with van der Waals surface area (Å²) in [5, 5.41) is 15.0. The number of carboxylic acid groups (broad SMARTS) is 1. The van der Waals surface area contributed by atoms with Crippen LogP contribution < -0.4 is 5.32 Å². The molecule has 0 aliphatic rings. The summed E-state index contributed by atoms with van der Waals surface area (Å²) in [6.45, 7) is 1.63. The molecule has 0 unspecified atom stereocenters. The van der Waals surface area contributed by atoms with E-state index in [0.717, 1.165) is 0 Å². The minimum atomic E-state index is -1.04. The van der Waals surface area contributed by atoms with Gasteiger partial charge in [-0.2, -0.15) is 0 Å². The molecule has 0 saturated carbocycles. The highest BCUT2D eigenvalue weighted by atomic mass is 16.5. The van der Waals surface area contributed by atoms with Crippen LogP contribution in [0.3, 0.4) is 0 Å². The molecule has 1 amide bonds. The predicted octanol–water partition coefficient (Wildman–Crippen LogP) is 1.93. The van der Waals surface area contributed by atoms with E-state index in [1.54, 1.807) is 19.1 Å². The van der Waals surface area contributed by atoms with Gasteiger partial charge in [-0.3, -0.25) is 4.79 Å². The summed E-state index contributed by atoms with van der Waals surface area (Å²) in [4.78, 5) is 22.7. The molecule has 0 radical (unpaired) electrons. The molecule has 0 fully saturated rings. The molecule has 0 bridgehead atoms. The first-order chi connectivity index (χ1) is 8.59. The predicted molar refractivity (Wildman–Crippen MR) is 62.6 cm³/mol. The third-order valence-corrected chi connectivity index (χ3v) is 2.48. The van der Waals surface area contributed by atoms with Crippen molar-refractivity contribution in [1.29, 1.82) is 0 Å². The first-order valence-electron chi connectivity index (χ1n) is 5.14. The van der Waals surface area contributed by atoms with Gasteiger partial charge in [-0.05, 0) is 24.6 Å². The molecule has 1 aromatic heterocycles. The van der Waals surface area contributed by atoms with E-state index in [1.807, 2.05) is 0 Å². The van der Waals surface area contributed by atoms with Gasteiger partial charge in [-0.15, -0.1) is 0 Å². The fraction of sp³-hybridized carbons (Fsp3) is 0.0833. The summed E-state index contributed by atoms with van der Waals surface area (Å²) in [7, 11) is 0. The molecule has 18 heavy (non-hydrogen) atoms. The third-order valence-electron chi connectivity index (χ3n) is 2.48. The fourth-order valence-electron chi connectivity index (χ4n) is 1.52. The lowest BCUT2D eigenvalue weighted by atomic mass is 10.1. The molecule has 2 N–H and O–H groups in total. The SMILES string of the molecule is Cc1c(NC(=O)c2ccon2)cccc1C(=O)O. The Bertz CT molecular complexity index is 590. The van der Waals surface area contributed by atoms with Gasteiger partial charge in [0.05, 0.1) is 5.56 Å². The number of hydrogen-bond acceptors (Lipinski definition) is 4. The van der Waals surface area contributed by atoms with Crippen LogP contribution in [0.1, 0.15) is 26.4 Å². The van der Waals surface area contributed by atoms with E-state index in [0.29, 0.717) is 11.3 Å². The van der Waals surface area contributed by atoms with E-state index < -0.39 is 11.9 Å². The normalized spacial score (nSPS) is 10.1. The van der Waals surface area contributed by atoms with Crippen molar-refractivity contribution >= 4 is 17.6 Å². The van der Waals surface area contributed by atoms with Crippen LogP contribution in [0, 0.1) is 6.92 Å². The van der Waals surface area contributed by atoms with Crippen molar-refractivity contribution in [1.82, 2.24) is 5.16 Å². The maximum absolute atomic E-state index is 11.7. The monoisotopic (exact) mass is 246 g/mol. The van der Waals surface area contributed by atoms with Gasteiger partial charge in [-0.25, -0.2) is 4.79 Å². The van der Waals surface area contributed by atoms with Gasteiger partial charge < -0.3 is 14.9 Å². The van der Waals surface area contributed by atoms with E-state index in [4.69, 9.17) is 5.11 Å². The molecule has 0 saturated heterocycles. The maximum Gasteiger partial charge on any atom is 0.336 e. The largest absolute Gasteiger partial charge is 0.478 e. The van der Waals surface area contributed by atoms with Crippen molar-refractivity contribution in [3.05, 3.63) is 47.3 Å². The van der Waals surface area contributed by atoms with Crippen LogP contribution in [-0.2, 0) is 0 Å². The Morgan fingerprint density at radius 1 is 1.33 bits per heavy atom. The second-order valence-corrected chi connectivity index (χ2v) is 3.62. The lowest BCUT2D eigenvalue weighted by Gasteiger charge is -2.08. The van der Waals surface area contributed by atoms with E-state index in [2.05, 4.69) is 15.0 Å². The zero-order valence-electron chi connectivity index (χ0n) is 9.51. The topological polar surface area (TPSA) is 92.4 Å². The van der Waals surface area contributed by atoms with Crippen LogP contribution in [0.25, 0.3) is 0 Å². The average molecular weight is 246 g/mol. The number of amides is 1. The molecule has 0 spiro atoms. The summed E-state index contributed by atoms with van der Waals surface area (Å²) in [5.41, 5.74) is 1.20. The zero-order chi connectivity index (χ0) is 13.1. The number of benzene rings is 1. The third kappa shape index (κ3) is 2.22. The minimum absolute atomic E-state index is 0.134. The molecular formula is C12H10N2O4. The van der Waals surface area contributed by atoms with Crippen LogP contribution in [0.4, 0.5) is 5.69 Å². The van der Waals surface area contributed by atoms with Crippen LogP contribution in [0.5, 0.6) is 0 Å². The Morgan fingerprint density at radius 2 is 2.11 bits per heavy atom. The molecule has 0 atom stereocenters. The number of carboxylic acids is 1. The van der Waals surface area contributed by atoms with Gasteiger partial charge in [0.15, 0.2) is 5.69 Å². The highest BCUT2D eigenvalue weighted by Gasteiger charge is 2.14. The van der Waals surface area contributed by atoms with E-state index in [9.17, 15) is 9.59 Å². The number of carbonyl (C=O) groups excluding carboxylic acids is 1. The molecule has 1 heterocycles. The van der Waals surface area contributed by atoms with Gasteiger partial charge in [0.1, 0.15) is 6.26 Å². The smallest absolute Gasteiger partial charge is 0.336 e. The number of carbonyl (C=O) groups is 2. The molecule has 6 heteroatoms. The summed E-state index contributed by atoms with van der Waals surface area (Å²) in [5.74, 6) is -1.49. The Labute approximate surface area is 102 Å². The molecule has 2 aromatic rings. The summed E-state index contributed by atoms with van der Waals surface area (Å²) in [6.07, 6.45) is 1.29. The summed E-state index contributed by atoms with van der Waals surface area (Å²) < 4.78 is 4.56. The van der Waals surface area contributed by atoms with Gasteiger partial charge in [0, 0.05) is 11.8 Å². The Hall–Kier alpha value is -2.63. The van der Waals surface area contributed by atoms with Crippen molar-refractivity contribution in [3.8, 4) is 0 Å². The summed E-state index contributed by atoms with van der Waals surface area (Å²) in [6, 6.07) is 6.09. The van der Waals surface area contributed by atoms with E-state index >= 15 is 0 Å². The number of rotatable bonds is 3. The lowest BCUT2D eigenvalue weighted by molar-refractivity contribution is 0.0695. The fourth-order valence-corrected chi connectivity index (χ4v) is 1.52. The Kier molecular flexibility index (Phi) is 3.09. The van der Waals surface area contributed by atoms with Gasteiger partial charge in [0.25, 0.3) is 5.91 Å². The molecule has 2 rings (SSSR count). The van der Waals surface area contributed by atoms with E-state index in [1.165, 1.54) is 18.4 Å². The first-order valence-corrected chi connectivity index (χ1v) is 5.14. The van der Waals surface area contributed by atoms with Gasteiger partial charge in [-0.1, -0.05) is 11.2 Å². The van der Waals surface area contributed by atoms with Crippen LogP contribution in [0.2, 0.25) is 0 Å². The highest BCUT2D eigenvalue weighted by Crippen LogP contribution is 2.19. The minimum Gasteiger partial charge on any atom is -0.478 e. The van der Waals surface area contributed by atoms with Crippen molar-refractivity contribution in [3.63, 3.8) is 0 Å². The molecule has 92 valence electrons. The Morgan fingerprint density at radius 3 is 2.72 bits per heavy atom. The Balaban J connectivity index is 2.27. The van der Waals surface area contributed by atoms with Crippen LogP contribution >= 0.6 is 0 Å². The standard InChI is InChI=1S/C12H10N2O4/c1-7-8(12(16)17)3-2-4-9(7)13-11(15)10-5-6-18-14-10/h2-6H,1H3,(H,13,15)(H,16,17). The number of aromatic carboxylic acids is 1. The zero-order valence-corrected chi connectivity index (χ0v) is 9.51. The second kappa shape index (κ2) is 4.70. The number of nitrogens with zero attached hydrogens (tertiary/aromatic N) is 1. The quantitative estimate of drug-likeness (QED) is 0.863. The highest BCUT2D eigenvalue weighted by molar-refractivity contribution is 6.04. The summed E-state index contributed by atoms with van der Waals surface area (Å²) >= 11 is 0. The van der Waals surface area contributed by atoms with Crippen molar-refractivity contribution < 1.29 is 19.2 Å². The van der Waals surface area contributed by atoms with Crippen LogP contribution in [0.15, 0.2) is 35.1 Å². The molecule has 0 aliphatic heterocycles. The van der Waals surface area contributed by atoms with Crippen molar-refractivity contribution in [2.45, 2.75) is 6.92 Å². The average Bonchev–Trinajstić information content (AvgIpc) is 2.85. The second-order valence-electron chi connectivity index (χ2n) is 3.62. The van der Waals surface area contributed by atoms with Crippen molar-refractivity contribution in [2.75, 3.05) is 5.32 Å². The van der Waals surface area contributed by atoms with Gasteiger partial charge >= 0.3 is 5.97 Å². The molecule has 6 nitrogen and oxygen atoms in total. The first kappa shape index (κ1) is 11.8. The van der Waals surface area contributed by atoms with Crippen LogP contribution in [-0.4, -0.2) is 22.1 Å². The molecule has 0 aliphatic carbocycles. The van der Waals surface area contributed by atoms with Gasteiger partial charge in [0.2, 0.25) is 0 Å². The number of hydrogen-bond donors (Lipinski definition) is 2. The van der Waals surface area contributed by atoms with Crippen molar-refractivity contribution in [2.24, 2.45) is 0 Å². The number of nitrogens with one attached hydrogen (secondary N) is 1. The number of anilines is 1. The molecule has 1 aromatic carbocycles.